The monoisotopic (exact) mass is 652 g/mol. The van der Waals surface area contributed by atoms with Crippen LogP contribution in [0, 0.1) is 44.8 Å². The van der Waals surface area contributed by atoms with Gasteiger partial charge in [-0.1, -0.05) is 27.7 Å². The summed E-state index contributed by atoms with van der Waals surface area (Å²) in [6.45, 7) is 14.2. The van der Waals surface area contributed by atoms with Gasteiger partial charge in [0.25, 0.3) is 0 Å². The minimum absolute atomic E-state index is 0.0225. The van der Waals surface area contributed by atoms with Gasteiger partial charge in [0.1, 0.15) is 24.4 Å². The van der Waals surface area contributed by atoms with Crippen molar-refractivity contribution in [2.45, 2.75) is 173 Å². The summed E-state index contributed by atoms with van der Waals surface area (Å²) in [5.41, 5.74) is -2.50. The van der Waals surface area contributed by atoms with E-state index in [1.807, 2.05) is 0 Å². The van der Waals surface area contributed by atoms with Crippen LogP contribution in [0.1, 0.15) is 106 Å². The summed E-state index contributed by atoms with van der Waals surface area (Å²) >= 11 is 0. The highest BCUT2D eigenvalue weighted by atomic mass is 16.7. The predicted octanol–water partition coefficient (Wildman–Crippen LogP) is 2.26. The van der Waals surface area contributed by atoms with Gasteiger partial charge < -0.3 is 50.0 Å². The molecule has 2 spiro atoms. The first-order valence-electron chi connectivity index (χ1n) is 17.9. The average molecular weight is 653 g/mol. The van der Waals surface area contributed by atoms with E-state index in [1.165, 1.54) is 0 Å². The Labute approximate surface area is 273 Å². The lowest BCUT2D eigenvalue weighted by atomic mass is 9.41. The van der Waals surface area contributed by atoms with Gasteiger partial charge in [0, 0.05) is 5.92 Å². The zero-order chi connectivity index (χ0) is 33.6. The lowest BCUT2D eigenvalue weighted by Crippen LogP contribution is -2.64. The molecule has 7 rings (SSSR count). The highest BCUT2D eigenvalue weighted by molar-refractivity contribution is 5.33. The maximum Gasteiger partial charge on any atom is 0.186 e. The van der Waals surface area contributed by atoms with E-state index in [1.54, 1.807) is 13.8 Å². The molecule has 0 bridgehead atoms. The van der Waals surface area contributed by atoms with Crippen LogP contribution in [0.3, 0.4) is 0 Å². The Hall–Kier alpha value is -0.400. The maximum atomic E-state index is 12.0. The Morgan fingerprint density at radius 3 is 2.13 bits per heavy atom. The molecule has 10 nitrogen and oxygen atoms in total. The summed E-state index contributed by atoms with van der Waals surface area (Å²) in [7, 11) is 0. The molecule has 0 amide bonds. The Morgan fingerprint density at radius 2 is 1.50 bits per heavy atom. The van der Waals surface area contributed by atoms with Gasteiger partial charge in [0.05, 0.1) is 42.2 Å². The zero-order valence-electron chi connectivity index (χ0n) is 28.9. The summed E-state index contributed by atoms with van der Waals surface area (Å²) in [6, 6.07) is 0. The van der Waals surface area contributed by atoms with Crippen LogP contribution in [0.5, 0.6) is 0 Å². The largest absolute Gasteiger partial charge is 0.394 e. The third-order valence-electron chi connectivity index (χ3n) is 15.9. The molecule has 5 aliphatic carbocycles. The highest BCUT2D eigenvalue weighted by Crippen LogP contribution is 2.89. The fourth-order valence-electron chi connectivity index (χ4n) is 13.6. The van der Waals surface area contributed by atoms with E-state index in [-0.39, 0.29) is 45.5 Å². The average Bonchev–Trinajstić information content (AvgIpc) is 3.33. The smallest absolute Gasteiger partial charge is 0.186 e. The molecule has 0 aromatic heterocycles. The molecule has 7 aliphatic rings. The number of rotatable bonds is 5. The number of ether oxygens (including phenoxy) is 3. The molecule has 2 saturated heterocycles. The van der Waals surface area contributed by atoms with E-state index in [2.05, 4.69) is 34.6 Å². The minimum atomic E-state index is -1.53. The molecule has 5 saturated carbocycles. The van der Waals surface area contributed by atoms with Crippen molar-refractivity contribution in [1.82, 2.24) is 0 Å². The molecule has 0 aromatic carbocycles. The number of aliphatic hydroxyl groups is 7. The fourth-order valence-corrected chi connectivity index (χ4v) is 13.6. The van der Waals surface area contributed by atoms with Crippen molar-refractivity contribution in [1.29, 1.82) is 0 Å². The number of hydrogen-bond acceptors (Lipinski definition) is 10. The molecular weight excluding hydrogens is 592 g/mol. The first kappa shape index (κ1) is 34.1. The molecule has 0 unspecified atom stereocenters. The Kier molecular flexibility index (Phi) is 7.65. The third kappa shape index (κ3) is 4.24. The van der Waals surface area contributed by atoms with Crippen molar-refractivity contribution in [3.8, 4) is 0 Å². The molecule has 264 valence electrons. The van der Waals surface area contributed by atoms with E-state index in [0.717, 1.165) is 38.5 Å². The van der Waals surface area contributed by atoms with Crippen LogP contribution in [0.15, 0.2) is 0 Å². The van der Waals surface area contributed by atoms with E-state index in [4.69, 9.17) is 14.2 Å². The molecule has 0 radical (unpaired) electrons. The van der Waals surface area contributed by atoms with E-state index in [0.29, 0.717) is 19.3 Å². The van der Waals surface area contributed by atoms with Gasteiger partial charge in [-0.2, -0.15) is 0 Å². The second-order valence-electron chi connectivity index (χ2n) is 18.7. The van der Waals surface area contributed by atoms with E-state index < -0.39 is 72.2 Å². The molecule has 7 N–H and O–H groups in total. The first-order chi connectivity index (χ1) is 21.2. The second-order valence-corrected chi connectivity index (χ2v) is 18.7. The van der Waals surface area contributed by atoms with Crippen LogP contribution < -0.4 is 0 Å². The third-order valence-corrected chi connectivity index (χ3v) is 15.9. The summed E-state index contributed by atoms with van der Waals surface area (Å²) in [6.07, 6.45) is -1.07. The normalized spacial score (nSPS) is 59.3. The van der Waals surface area contributed by atoms with Gasteiger partial charge in [0.2, 0.25) is 0 Å². The van der Waals surface area contributed by atoms with Crippen LogP contribution in [-0.4, -0.2) is 109 Å². The first-order valence-corrected chi connectivity index (χ1v) is 17.9. The van der Waals surface area contributed by atoms with E-state index in [9.17, 15) is 35.7 Å². The standard InChI is InChI=1S/C36H60O10/c1-30(2)22(39)8-11-36-17-35(36)13-12-32(5)27(34(7)10-9-23(46-34)31(3,4)43)18(38)15-33(32,6)21(35)14-19(28(30)36)44-29-26(42)25(41)24(40)20(16-37)45-29/h18-29,37-43H,8-17H2,1-7H3/t18-,19-,20+,21-,22-,23+,24+,25-,26+,27-,28-,29+,32+,33-,34-,35-,36+/m0/s1. The number of hydrogen-bond donors (Lipinski definition) is 7. The van der Waals surface area contributed by atoms with Gasteiger partial charge >= 0.3 is 0 Å². The van der Waals surface area contributed by atoms with Crippen LogP contribution in [0.4, 0.5) is 0 Å². The molecule has 46 heavy (non-hydrogen) atoms. The van der Waals surface area contributed by atoms with Crippen molar-refractivity contribution in [3.63, 3.8) is 0 Å². The zero-order valence-corrected chi connectivity index (χ0v) is 28.9. The van der Waals surface area contributed by atoms with Gasteiger partial charge in [-0.05, 0) is 117 Å². The lowest BCUT2D eigenvalue weighted by Gasteiger charge is -2.65. The van der Waals surface area contributed by atoms with Gasteiger partial charge in [-0.15, -0.1) is 0 Å². The quantitative estimate of drug-likeness (QED) is 0.219. The Morgan fingerprint density at radius 1 is 0.804 bits per heavy atom. The van der Waals surface area contributed by atoms with Crippen molar-refractivity contribution in [2.24, 2.45) is 44.8 Å². The predicted molar refractivity (Wildman–Crippen MR) is 167 cm³/mol. The number of fused-ring (bicyclic) bond motifs is 2. The Balaban J connectivity index is 1.26. The summed E-state index contributed by atoms with van der Waals surface area (Å²) in [5.74, 6) is 0.0768. The lowest BCUT2D eigenvalue weighted by molar-refractivity contribution is -0.331. The van der Waals surface area contributed by atoms with Gasteiger partial charge in [-0.3, -0.25) is 0 Å². The van der Waals surface area contributed by atoms with Gasteiger partial charge in [-0.25, -0.2) is 0 Å². The molecular formula is C36H60O10. The van der Waals surface area contributed by atoms with Crippen molar-refractivity contribution in [3.05, 3.63) is 0 Å². The minimum Gasteiger partial charge on any atom is -0.394 e. The van der Waals surface area contributed by atoms with Crippen LogP contribution in [0.25, 0.3) is 0 Å². The van der Waals surface area contributed by atoms with Gasteiger partial charge in [0.15, 0.2) is 6.29 Å². The molecule has 2 heterocycles. The van der Waals surface area contributed by atoms with Crippen LogP contribution in [-0.2, 0) is 14.2 Å². The van der Waals surface area contributed by atoms with Crippen LogP contribution in [0.2, 0.25) is 0 Å². The number of aliphatic hydroxyl groups excluding tert-OH is 6. The molecule has 2 aliphatic heterocycles. The molecule has 0 aromatic rings. The summed E-state index contributed by atoms with van der Waals surface area (Å²) < 4.78 is 19.4. The fraction of sp³-hybridized carbons (Fsp3) is 1.00. The van der Waals surface area contributed by atoms with Crippen molar-refractivity contribution < 1.29 is 50.0 Å². The molecule has 7 fully saturated rings. The Bertz CT molecular complexity index is 1200. The second kappa shape index (κ2) is 10.3. The molecule has 17 atom stereocenters. The topological polar surface area (TPSA) is 169 Å². The highest BCUT2D eigenvalue weighted by Gasteiger charge is 2.85. The van der Waals surface area contributed by atoms with Crippen molar-refractivity contribution >= 4 is 0 Å². The van der Waals surface area contributed by atoms with Crippen LogP contribution >= 0.6 is 0 Å². The van der Waals surface area contributed by atoms with E-state index >= 15 is 0 Å². The SMILES string of the molecule is CC(C)(O)[C@H]1CC[C@@](C)([C@H]2[C@@H](O)C[C@@]3(C)[C@@H]4C[C@H](O[C@@H]5O[C@H](CO)[C@@H](O)[C@H](O)[C@H]5O)[C@H]5C(C)(C)[C@@H](O)CC[C@@]56C[C@@]46CC[C@]23C)O1. The molecule has 10 heteroatoms. The summed E-state index contributed by atoms with van der Waals surface area (Å²) in [4.78, 5) is 0. The van der Waals surface area contributed by atoms with Crippen molar-refractivity contribution in [2.75, 3.05) is 6.61 Å². The summed E-state index contributed by atoms with van der Waals surface area (Å²) in [5, 5.41) is 76.2. The maximum absolute atomic E-state index is 12.0.